The largest absolute Gasteiger partial charge is 0.451 e. The number of carbonyl (C=O) groups excluding carboxylic acids is 3. The van der Waals surface area contributed by atoms with Crippen LogP contribution in [-0.2, 0) is 19.1 Å². The Morgan fingerprint density at radius 2 is 1.76 bits per heavy atom. The number of hydrogen-bond donors (Lipinski definition) is 0. The summed E-state index contributed by atoms with van der Waals surface area (Å²) in [7, 11) is 0. The van der Waals surface area contributed by atoms with Gasteiger partial charge in [0.2, 0.25) is 0 Å². The van der Waals surface area contributed by atoms with E-state index in [9.17, 15) is 14.4 Å². The lowest BCUT2D eigenvalue weighted by atomic mass is 9.45. The van der Waals surface area contributed by atoms with Crippen molar-refractivity contribution in [3.8, 4) is 0 Å². The van der Waals surface area contributed by atoms with E-state index in [0.717, 1.165) is 31.3 Å². The minimum Gasteiger partial charge on any atom is -0.451 e. The predicted octanol–water partition coefficient (Wildman–Crippen LogP) is 4.21. The Hall–Kier alpha value is -1.52. The van der Waals surface area contributed by atoms with Gasteiger partial charge in [0.1, 0.15) is 6.17 Å². The lowest BCUT2D eigenvalue weighted by Gasteiger charge is -2.59. The summed E-state index contributed by atoms with van der Waals surface area (Å²) < 4.78 is 21.2. The Morgan fingerprint density at radius 1 is 1.07 bits per heavy atom. The maximum atomic E-state index is 15.5. The summed E-state index contributed by atoms with van der Waals surface area (Å²) in [4.78, 5) is 37.0. The second-order valence-corrected chi connectivity index (χ2v) is 10.8. The van der Waals surface area contributed by atoms with Crippen LogP contribution < -0.4 is 0 Å². The van der Waals surface area contributed by atoms with Crippen molar-refractivity contribution >= 4 is 17.5 Å². The molecule has 0 aromatic rings. The zero-order chi connectivity index (χ0) is 20.9. The summed E-state index contributed by atoms with van der Waals surface area (Å²) in [6.07, 6.45) is 4.88. The Labute approximate surface area is 171 Å². The van der Waals surface area contributed by atoms with Gasteiger partial charge in [-0.15, -0.1) is 0 Å². The van der Waals surface area contributed by atoms with Crippen molar-refractivity contribution in [1.29, 1.82) is 0 Å². The molecule has 5 heteroatoms. The number of esters is 1. The van der Waals surface area contributed by atoms with Gasteiger partial charge in [-0.05, 0) is 86.2 Å². The summed E-state index contributed by atoms with van der Waals surface area (Å²) in [5.41, 5.74) is -1.04. The third kappa shape index (κ3) is 2.22. The Morgan fingerprint density at radius 3 is 2.41 bits per heavy atom. The molecule has 29 heavy (non-hydrogen) atoms. The van der Waals surface area contributed by atoms with Gasteiger partial charge in [-0.2, -0.15) is 0 Å². The van der Waals surface area contributed by atoms with Crippen molar-refractivity contribution in [3.63, 3.8) is 0 Å². The van der Waals surface area contributed by atoms with E-state index in [1.54, 1.807) is 6.08 Å². The van der Waals surface area contributed by atoms with Crippen LogP contribution in [0.3, 0.4) is 0 Å². The van der Waals surface area contributed by atoms with Crippen molar-refractivity contribution in [2.75, 3.05) is 0 Å². The van der Waals surface area contributed by atoms with Crippen LogP contribution in [0.4, 0.5) is 4.39 Å². The molecule has 3 unspecified atom stereocenters. The van der Waals surface area contributed by atoms with E-state index in [1.165, 1.54) is 13.8 Å². The number of ketones is 2. The van der Waals surface area contributed by atoms with Crippen LogP contribution >= 0.6 is 0 Å². The highest BCUT2D eigenvalue weighted by Gasteiger charge is 2.71. The van der Waals surface area contributed by atoms with E-state index >= 15 is 4.39 Å². The molecular weight excluding hydrogens is 371 g/mol. The molecule has 4 nitrogen and oxygen atoms in total. The molecule has 0 aromatic carbocycles. The number of Topliss-reactive ketones (excluding diaryl/α,β-unsaturated/α-hetero) is 1. The van der Waals surface area contributed by atoms with Crippen molar-refractivity contribution < 1.29 is 23.5 Å². The molecule has 0 amide bonds. The lowest BCUT2D eigenvalue weighted by molar-refractivity contribution is -0.188. The molecule has 9 atom stereocenters. The smallest absolute Gasteiger partial charge is 0.303 e. The van der Waals surface area contributed by atoms with E-state index in [4.69, 9.17) is 4.74 Å². The van der Waals surface area contributed by atoms with Gasteiger partial charge in [0.05, 0.1) is 0 Å². The summed E-state index contributed by atoms with van der Waals surface area (Å²) in [5, 5.41) is 0. The number of allylic oxidation sites excluding steroid dienone is 1. The fourth-order valence-electron chi connectivity index (χ4n) is 8.51. The van der Waals surface area contributed by atoms with E-state index in [-0.39, 0.29) is 40.7 Å². The Kier molecular flexibility index (Phi) is 3.88. The molecule has 0 bridgehead atoms. The molecule has 0 aliphatic heterocycles. The fourth-order valence-corrected chi connectivity index (χ4v) is 8.51. The van der Waals surface area contributed by atoms with Crippen molar-refractivity contribution in [3.05, 3.63) is 11.6 Å². The molecule has 0 N–H and O–H groups in total. The molecule has 0 heterocycles. The number of alkyl halides is 1. The van der Waals surface area contributed by atoms with Gasteiger partial charge in [-0.3, -0.25) is 14.4 Å². The summed E-state index contributed by atoms with van der Waals surface area (Å²) in [6.45, 7) is 7.19. The van der Waals surface area contributed by atoms with E-state index in [0.29, 0.717) is 18.8 Å². The van der Waals surface area contributed by atoms with Crippen LogP contribution in [0.15, 0.2) is 11.6 Å². The number of rotatable bonds is 2. The summed E-state index contributed by atoms with van der Waals surface area (Å²) in [5.74, 6) is 0.647. The quantitative estimate of drug-likeness (QED) is 0.649. The van der Waals surface area contributed by atoms with Gasteiger partial charge in [-0.25, -0.2) is 4.39 Å². The van der Waals surface area contributed by atoms with Gasteiger partial charge >= 0.3 is 5.97 Å². The molecule has 0 saturated heterocycles. The SMILES string of the molecule is CC(=O)O[C@@]1(C(C)=O)CC[C@H]2[C@@H]3CC(F)C4=CC(=O)C5CC5[C@@]4(C)[C@@H]3CC[C@@]21C. The highest BCUT2D eigenvalue weighted by atomic mass is 19.1. The second-order valence-electron chi connectivity index (χ2n) is 10.8. The Bertz CT molecular complexity index is 848. The van der Waals surface area contributed by atoms with E-state index in [1.807, 2.05) is 0 Å². The maximum absolute atomic E-state index is 15.5. The Balaban J connectivity index is 1.55. The van der Waals surface area contributed by atoms with Gasteiger partial charge < -0.3 is 4.74 Å². The molecule has 4 fully saturated rings. The molecule has 0 radical (unpaired) electrons. The summed E-state index contributed by atoms with van der Waals surface area (Å²) in [6, 6.07) is 0. The first-order chi connectivity index (χ1) is 13.6. The fraction of sp³-hybridized carbons (Fsp3) is 0.792. The third-order valence-electron chi connectivity index (χ3n) is 9.88. The van der Waals surface area contributed by atoms with Gasteiger partial charge in [-0.1, -0.05) is 13.8 Å². The zero-order valence-corrected chi connectivity index (χ0v) is 17.8. The van der Waals surface area contributed by atoms with Crippen molar-refractivity contribution in [2.24, 2.45) is 40.4 Å². The third-order valence-corrected chi connectivity index (χ3v) is 9.88. The first-order valence-corrected chi connectivity index (χ1v) is 11.2. The molecular formula is C24H31FO4. The monoisotopic (exact) mass is 402 g/mol. The van der Waals surface area contributed by atoms with Crippen LogP contribution in [0.5, 0.6) is 0 Å². The average Bonchev–Trinajstić information content (AvgIpc) is 3.39. The molecule has 5 rings (SSSR count). The standard InChI is InChI=1S/C24H31FO4/c1-12(26)24(29-13(2)27)8-6-16-14-10-20(25)19-11-21(28)15-9-18(15)23(19,4)17(14)5-7-22(16,24)3/h11,14-18,20H,5-10H2,1-4H3/t14-,15?,16-,17+,18?,20?,22-,23+,24+/m0/s1. The van der Waals surface area contributed by atoms with Crippen LogP contribution in [0.2, 0.25) is 0 Å². The first kappa shape index (κ1) is 19.4. The van der Waals surface area contributed by atoms with Gasteiger partial charge in [0.25, 0.3) is 0 Å². The minimum atomic E-state index is -1.09. The van der Waals surface area contributed by atoms with E-state index in [2.05, 4.69) is 13.8 Å². The minimum absolute atomic E-state index is 0.0823. The normalized spacial score (nSPS) is 52.4. The number of hydrogen-bond acceptors (Lipinski definition) is 4. The van der Waals surface area contributed by atoms with Crippen LogP contribution in [0.25, 0.3) is 0 Å². The molecule has 5 aliphatic carbocycles. The molecule has 0 aromatic heterocycles. The zero-order valence-electron chi connectivity index (χ0n) is 17.8. The lowest BCUT2D eigenvalue weighted by Crippen LogP contribution is -2.60. The molecule has 5 aliphatic rings. The van der Waals surface area contributed by atoms with Gasteiger partial charge in [0.15, 0.2) is 17.2 Å². The van der Waals surface area contributed by atoms with Crippen LogP contribution in [-0.4, -0.2) is 29.3 Å². The maximum Gasteiger partial charge on any atom is 0.303 e. The van der Waals surface area contributed by atoms with Crippen LogP contribution in [0, 0.1) is 40.4 Å². The topological polar surface area (TPSA) is 60.4 Å². The number of carbonyl (C=O) groups is 3. The average molecular weight is 403 g/mol. The first-order valence-electron chi connectivity index (χ1n) is 11.2. The number of ether oxygens (including phenoxy) is 1. The van der Waals surface area contributed by atoms with Crippen LogP contribution in [0.1, 0.15) is 66.2 Å². The van der Waals surface area contributed by atoms with Gasteiger partial charge in [0, 0.05) is 18.3 Å². The highest BCUT2D eigenvalue weighted by molar-refractivity contribution is 5.96. The highest BCUT2D eigenvalue weighted by Crippen LogP contribution is 2.72. The molecule has 0 spiro atoms. The van der Waals surface area contributed by atoms with Crippen molar-refractivity contribution in [1.82, 2.24) is 0 Å². The van der Waals surface area contributed by atoms with Crippen molar-refractivity contribution in [2.45, 2.75) is 78.0 Å². The summed E-state index contributed by atoms with van der Waals surface area (Å²) >= 11 is 0. The molecule has 4 saturated carbocycles. The molecule has 158 valence electrons. The van der Waals surface area contributed by atoms with E-state index < -0.39 is 23.2 Å². The number of fused-ring (bicyclic) bond motifs is 7. The second kappa shape index (κ2) is 5.79. The number of halogens is 1. The predicted molar refractivity (Wildman–Crippen MR) is 105 cm³/mol.